The van der Waals surface area contributed by atoms with Gasteiger partial charge in [0.25, 0.3) is 0 Å². The van der Waals surface area contributed by atoms with Crippen LogP contribution in [0.2, 0.25) is 0 Å². The van der Waals surface area contributed by atoms with Gasteiger partial charge in [-0.2, -0.15) is 0 Å². The molecule has 1 heterocycles. The lowest BCUT2D eigenvalue weighted by Crippen LogP contribution is -2.52. The number of esters is 1. The minimum Gasteiger partial charge on any atom is -0.469 e. The number of likely N-dealkylation sites (tertiary alicyclic amines) is 1. The number of hydrogen-bond acceptors (Lipinski definition) is 6. The molecule has 1 N–H and O–H groups in total. The van der Waals surface area contributed by atoms with E-state index in [4.69, 9.17) is 4.74 Å². The first kappa shape index (κ1) is 29.0. The maximum absolute atomic E-state index is 13.3. The fourth-order valence-corrected chi connectivity index (χ4v) is 6.53. The van der Waals surface area contributed by atoms with Crippen LogP contribution >= 0.6 is 0 Å². The summed E-state index contributed by atoms with van der Waals surface area (Å²) in [4.78, 5) is 15.0. The van der Waals surface area contributed by atoms with Gasteiger partial charge in [-0.05, 0) is 48.4 Å². The molecule has 1 aliphatic heterocycles. The van der Waals surface area contributed by atoms with Crippen molar-refractivity contribution in [2.75, 3.05) is 33.8 Å². The molecule has 0 radical (unpaired) electrons. The molecule has 0 spiro atoms. The molecule has 8 heteroatoms. The van der Waals surface area contributed by atoms with Crippen molar-refractivity contribution in [3.63, 3.8) is 0 Å². The van der Waals surface area contributed by atoms with Crippen molar-refractivity contribution in [2.24, 2.45) is 5.92 Å². The van der Waals surface area contributed by atoms with Crippen LogP contribution in [-0.2, 0) is 26.1 Å². The number of likely N-dealkylation sites (N-methyl/N-ethyl adjacent to an activating group) is 1. The summed E-state index contributed by atoms with van der Waals surface area (Å²) >= 11 is 0. The van der Waals surface area contributed by atoms with Crippen molar-refractivity contribution >= 4 is 16.0 Å². The largest absolute Gasteiger partial charge is 0.469 e. The van der Waals surface area contributed by atoms with Crippen LogP contribution in [0.15, 0.2) is 95.9 Å². The predicted octanol–water partition coefficient (Wildman–Crippen LogP) is 4.48. The van der Waals surface area contributed by atoms with Crippen LogP contribution in [0.1, 0.15) is 36.3 Å². The molecular weight excluding hydrogens is 510 g/mol. The molecule has 1 saturated heterocycles. The smallest absolute Gasteiger partial charge is 0.308 e. The van der Waals surface area contributed by atoms with E-state index in [1.807, 2.05) is 42.5 Å². The summed E-state index contributed by atoms with van der Waals surface area (Å²) in [6.45, 7) is 2.63. The molecule has 0 saturated carbocycles. The normalized spacial score (nSPS) is 19.1. The number of nitrogens with zero attached hydrogens (tertiary/aromatic N) is 2. The Bertz CT molecular complexity index is 1270. The Morgan fingerprint density at radius 1 is 1.00 bits per heavy atom. The molecule has 0 amide bonds. The Kier molecular flexibility index (Phi) is 10.3. The highest BCUT2D eigenvalue weighted by Gasteiger charge is 2.33. The summed E-state index contributed by atoms with van der Waals surface area (Å²) in [5.41, 5.74) is 2.30. The van der Waals surface area contributed by atoms with Gasteiger partial charge in [-0.3, -0.25) is 15.0 Å². The Balaban J connectivity index is 1.48. The van der Waals surface area contributed by atoms with Gasteiger partial charge in [0.1, 0.15) is 0 Å². The van der Waals surface area contributed by atoms with Crippen molar-refractivity contribution in [3.8, 4) is 0 Å². The zero-order chi connectivity index (χ0) is 27.7. The molecule has 0 aliphatic carbocycles. The molecule has 3 aromatic carbocycles. The first-order chi connectivity index (χ1) is 18.9. The Morgan fingerprint density at radius 2 is 1.62 bits per heavy atom. The second-order valence-corrected chi connectivity index (χ2v) is 12.2. The molecule has 3 aromatic rings. The van der Waals surface area contributed by atoms with Gasteiger partial charge >= 0.3 is 5.97 Å². The first-order valence-corrected chi connectivity index (χ1v) is 15.0. The molecule has 39 heavy (non-hydrogen) atoms. The third kappa shape index (κ3) is 7.76. The van der Waals surface area contributed by atoms with E-state index in [1.165, 1.54) is 17.0 Å². The second kappa shape index (κ2) is 13.8. The van der Waals surface area contributed by atoms with Crippen LogP contribution in [0.3, 0.4) is 0 Å². The van der Waals surface area contributed by atoms with Gasteiger partial charge in [-0.25, -0.2) is 12.7 Å². The second-order valence-electron chi connectivity index (χ2n) is 10.2. The number of carbonyl (C=O) groups excluding carboxylic acids is 1. The molecule has 7 nitrogen and oxygen atoms in total. The highest BCUT2D eigenvalue weighted by Crippen LogP contribution is 2.28. The fraction of sp³-hybridized carbons (Fsp3) is 0.387. The molecular formula is C31H39N3O4S. The average Bonchev–Trinajstić information content (AvgIpc) is 2.99. The fourth-order valence-electron chi connectivity index (χ4n) is 5.30. The maximum Gasteiger partial charge on any atom is 0.308 e. The van der Waals surface area contributed by atoms with Crippen molar-refractivity contribution in [1.82, 2.24) is 14.5 Å². The van der Waals surface area contributed by atoms with Crippen LogP contribution in [-0.4, -0.2) is 63.5 Å². The number of rotatable bonds is 12. The van der Waals surface area contributed by atoms with Gasteiger partial charge in [0.2, 0.25) is 10.0 Å². The van der Waals surface area contributed by atoms with Crippen LogP contribution in [0.4, 0.5) is 0 Å². The Morgan fingerprint density at radius 3 is 2.26 bits per heavy atom. The van der Waals surface area contributed by atoms with E-state index in [2.05, 4.69) is 34.5 Å². The summed E-state index contributed by atoms with van der Waals surface area (Å²) in [6.07, 6.45) is 2.22. The minimum absolute atomic E-state index is 0.0165. The van der Waals surface area contributed by atoms with Gasteiger partial charge in [0, 0.05) is 33.2 Å². The maximum atomic E-state index is 13.3. The average molecular weight is 550 g/mol. The SMILES string of the molecule is COC(=O)[C@H]1CCN(CCC(CN(C)S(=O)(=O)c2ccccc2)c2ccccc2)[C@@H](NCc2ccccc2)C1. The number of carbonyl (C=O) groups is 1. The van der Waals surface area contributed by atoms with E-state index < -0.39 is 10.0 Å². The van der Waals surface area contributed by atoms with E-state index in [-0.39, 0.29) is 24.0 Å². The summed E-state index contributed by atoms with van der Waals surface area (Å²) in [7, 11) is -0.492. The first-order valence-electron chi connectivity index (χ1n) is 13.5. The highest BCUT2D eigenvalue weighted by molar-refractivity contribution is 7.89. The van der Waals surface area contributed by atoms with Crippen molar-refractivity contribution < 1.29 is 17.9 Å². The number of methoxy groups -OCH3 is 1. The summed E-state index contributed by atoms with van der Waals surface area (Å²) in [5, 5.41) is 3.66. The Labute approximate surface area is 232 Å². The summed E-state index contributed by atoms with van der Waals surface area (Å²) in [5.74, 6) is -0.273. The zero-order valence-electron chi connectivity index (χ0n) is 22.8. The molecule has 0 bridgehead atoms. The van der Waals surface area contributed by atoms with Crippen LogP contribution in [0.25, 0.3) is 0 Å². The van der Waals surface area contributed by atoms with Gasteiger partial charge in [0.05, 0.1) is 24.1 Å². The van der Waals surface area contributed by atoms with Gasteiger partial charge < -0.3 is 4.74 Å². The van der Waals surface area contributed by atoms with Gasteiger partial charge in [-0.1, -0.05) is 78.9 Å². The number of hydrogen-bond donors (Lipinski definition) is 1. The third-order valence-corrected chi connectivity index (χ3v) is 9.43. The van der Waals surface area contributed by atoms with Crippen LogP contribution < -0.4 is 5.32 Å². The topological polar surface area (TPSA) is 79.0 Å². The molecule has 208 valence electrons. The highest BCUT2D eigenvalue weighted by atomic mass is 32.2. The lowest BCUT2D eigenvalue weighted by Gasteiger charge is -2.40. The predicted molar refractivity (Wildman–Crippen MR) is 153 cm³/mol. The Hall–Kier alpha value is -3.04. The number of piperidine rings is 1. The third-order valence-electron chi connectivity index (χ3n) is 7.60. The minimum atomic E-state index is -3.60. The van der Waals surface area contributed by atoms with Gasteiger partial charge in [-0.15, -0.1) is 0 Å². The lowest BCUT2D eigenvalue weighted by atomic mass is 9.92. The van der Waals surface area contributed by atoms with E-state index >= 15 is 0 Å². The molecule has 1 fully saturated rings. The van der Waals surface area contributed by atoms with Crippen molar-refractivity contribution in [2.45, 2.75) is 42.8 Å². The summed E-state index contributed by atoms with van der Waals surface area (Å²) < 4.78 is 33.1. The van der Waals surface area contributed by atoms with E-state index in [9.17, 15) is 13.2 Å². The van der Waals surface area contributed by atoms with Crippen molar-refractivity contribution in [3.05, 3.63) is 102 Å². The van der Waals surface area contributed by atoms with E-state index in [0.717, 1.165) is 31.5 Å². The quantitative estimate of drug-likeness (QED) is 0.336. The number of benzene rings is 3. The van der Waals surface area contributed by atoms with E-state index in [0.29, 0.717) is 24.4 Å². The zero-order valence-corrected chi connectivity index (χ0v) is 23.6. The molecule has 4 rings (SSSR count). The standard InChI is InChI=1S/C31H39N3O4S/c1-33(39(36,37)29-16-10-5-11-17-29)24-28(26-14-8-4-9-15-26)19-21-34-20-18-27(31(35)38-2)22-30(34)32-23-25-12-6-3-7-13-25/h3-17,27-28,30,32H,18-24H2,1-2H3/t27-,28?,30+/m0/s1. The number of sulfonamides is 1. The molecule has 1 unspecified atom stereocenters. The summed E-state index contributed by atoms with van der Waals surface area (Å²) in [6, 6.07) is 28.9. The number of nitrogens with one attached hydrogen (secondary N) is 1. The number of ether oxygens (including phenoxy) is 1. The van der Waals surface area contributed by atoms with Crippen molar-refractivity contribution in [1.29, 1.82) is 0 Å². The lowest BCUT2D eigenvalue weighted by molar-refractivity contribution is -0.148. The van der Waals surface area contributed by atoms with E-state index in [1.54, 1.807) is 31.3 Å². The molecule has 3 atom stereocenters. The van der Waals surface area contributed by atoms with Crippen LogP contribution in [0, 0.1) is 5.92 Å². The molecule has 0 aromatic heterocycles. The van der Waals surface area contributed by atoms with Crippen LogP contribution in [0.5, 0.6) is 0 Å². The monoisotopic (exact) mass is 549 g/mol. The van der Waals surface area contributed by atoms with Gasteiger partial charge in [0.15, 0.2) is 0 Å². The molecule has 1 aliphatic rings.